The molecule has 1 aliphatic heterocycles. The molecule has 0 radical (unpaired) electrons. The number of anilines is 2. The molecule has 2 aromatic carbocycles. The number of nitrogens with one attached hydrogen (secondary N) is 2. The van der Waals surface area contributed by atoms with E-state index >= 15 is 0 Å². The third kappa shape index (κ3) is 12.5. The Hall–Kier alpha value is -6.96. The summed E-state index contributed by atoms with van der Waals surface area (Å²) >= 11 is 0. The van der Waals surface area contributed by atoms with Crippen LogP contribution in [0, 0.1) is 10.1 Å². The lowest BCUT2D eigenvalue weighted by atomic mass is 10.1. The molecule has 0 bridgehead atoms. The number of nitrogens with two attached hydrogens (primary N) is 3. The minimum absolute atomic E-state index is 0.0222. The third-order valence-electron chi connectivity index (χ3n) is 8.77. The number of hydrogen-bond donors (Lipinski definition) is 5. The quantitative estimate of drug-likeness (QED) is 0.0531. The van der Waals surface area contributed by atoms with Crippen LogP contribution >= 0.6 is 0 Å². The van der Waals surface area contributed by atoms with Gasteiger partial charge < -0.3 is 46.2 Å². The van der Waals surface area contributed by atoms with Gasteiger partial charge in [-0.3, -0.25) is 39.7 Å². The number of benzene rings is 2. The lowest BCUT2D eigenvalue weighted by Gasteiger charge is -2.35. The van der Waals surface area contributed by atoms with Gasteiger partial charge in [-0.05, 0) is 58.9 Å². The van der Waals surface area contributed by atoms with E-state index in [1.807, 2.05) is 26.8 Å². The number of hydrogen-bond acceptors (Lipinski definition) is 14. The van der Waals surface area contributed by atoms with Crippen molar-refractivity contribution >= 4 is 57.9 Å². The zero-order valence-corrected chi connectivity index (χ0v) is 34.6. The fraction of sp³-hybridized carbons (Fsp3) is 0.400. The van der Waals surface area contributed by atoms with Gasteiger partial charge in [-0.25, -0.2) is 9.78 Å². The summed E-state index contributed by atoms with van der Waals surface area (Å²) in [6.07, 6.45) is 8.14. The normalized spacial score (nSPS) is 14.1. The second-order valence-electron chi connectivity index (χ2n) is 14.6. The summed E-state index contributed by atoms with van der Waals surface area (Å²) < 4.78 is 18.6. The highest BCUT2D eigenvalue weighted by Crippen LogP contribution is 2.36. The summed E-state index contributed by atoms with van der Waals surface area (Å²) in [5.74, 6) is -1.75. The van der Waals surface area contributed by atoms with Crippen molar-refractivity contribution in [2.24, 2.45) is 22.2 Å². The molecule has 0 atom stereocenters. The van der Waals surface area contributed by atoms with Gasteiger partial charge >= 0.3 is 6.09 Å². The number of nitro groups is 1. The number of amides is 4. The molecule has 1 saturated heterocycles. The molecule has 2 heterocycles. The van der Waals surface area contributed by atoms with Crippen molar-refractivity contribution in [1.29, 1.82) is 0 Å². The lowest BCUT2D eigenvalue weighted by molar-refractivity contribution is -0.384. The average Bonchev–Trinajstić information content (AvgIpc) is 3.52. The van der Waals surface area contributed by atoms with Gasteiger partial charge in [-0.2, -0.15) is 0 Å². The van der Waals surface area contributed by atoms with Crippen molar-refractivity contribution in [3.05, 3.63) is 81.6 Å². The highest BCUT2D eigenvalue weighted by Gasteiger charge is 2.26. The van der Waals surface area contributed by atoms with E-state index in [1.54, 1.807) is 41.5 Å². The first-order valence-corrected chi connectivity index (χ1v) is 19.1. The van der Waals surface area contributed by atoms with Gasteiger partial charge in [0.1, 0.15) is 29.2 Å². The molecule has 1 aliphatic rings. The Morgan fingerprint density at radius 3 is 2.20 bits per heavy atom. The van der Waals surface area contributed by atoms with E-state index < -0.39 is 33.9 Å². The van der Waals surface area contributed by atoms with Crippen LogP contribution in [0.5, 0.6) is 11.5 Å². The number of nitrogens with zero attached hydrogens (tertiary/aromatic N) is 6. The van der Waals surface area contributed by atoms with E-state index in [2.05, 4.69) is 25.5 Å². The summed E-state index contributed by atoms with van der Waals surface area (Å²) in [6.45, 7) is 12.3. The highest BCUT2D eigenvalue weighted by molar-refractivity contribution is 6.47. The highest BCUT2D eigenvalue weighted by atomic mass is 16.6. The zero-order chi connectivity index (χ0) is 44.1. The molecular weight excluding hydrogens is 779 g/mol. The van der Waals surface area contributed by atoms with Gasteiger partial charge in [0.05, 0.1) is 17.5 Å². The smallest absolute Gasteiger partial charge is 0.410 e. The Labute approximate surface area is 347 Å². The van der Waals surface area contributed by atoms with E-state index in [1.165, 1.54) is 31.4 Å². The maximum atomic E-state index is 13.3. The van der Waals surface area contributed by atoms with Gasteiger partial charge in [-0.15, -0.1) is 0 Å². The topological polar surface area (TPSA) is 278 Å². The van der Waals surface area contributed by atoms with Crippen molar-refractivity contribution in [3.63, 3.8) is 0 Å². The molecule has 1 fully saturated rings. The predicted octanol–water partition coefficient (Wildman–Crippen LogP) is 3.57. The molecule has 8 N–H and O–H groups in total. The first-order chi connectivity index (χ1) is 28.4. The Kier molecular flexibility index (Phi) is 15.7. The molecule has 4 rings (SSSR count). The summed E-state index contributed by atoms with van der Waals surface area (Å²) in [5.41, 5.74) is 17.1. The maximum absolute atomic E-state index is 13.3. The second-order valence-corrected chi connectivity index (χ2v) is 14.6. The maximum Gasteiger partial charge on any atom is 0.410 e. The van der Waals surface area contributed by atoms with Crippen molar-refractivity contribution in [2.45, 2.75) is 46.8 Å². The van der Waals surface area contributed by atoms with Gasteiger partial charge in [0.15, 0.2) is 11.4 Å². The summed E-state index contributed by atoms with van der Waals surface area (Å²) in [4.78, 5) is 74.1. The number of aromatic nitrogens is 2. The van der Waals surface area contributed by atoms with Crippen LogP contribution in [0.2, 0.25) is 0 Å². The van der Waals surface area contributed by atoms with E-state index in [0.29, 0.717) is 56.0 Å². The molecular formula is C40H53N11O9. The Bertz CT molecular complexity index is 2210. The third-order valence-corrected chi connectivity index (χ3v) is 8.77. The number of ether oxygens (including phenoxy) is 3. The fourth-order valence-corrected chi connectivity index (χ4v) is 6.01. The number of fused-ring (bicyclic) bond motifs is 1. The molecule has 0 aliphatic carbocycles. The van der Waals surface area contributed by atoms with Crippen LogP contribution < -0.4 is 37.3 Å². The van der Waals surface area contributed by atoms with Gasteiger partial charge in [-0.1, -0.05) is 24.3 Å². The largest absolute Gasteiger partial charge is 0.494 e. The number of allylic oxidation sites excluding steroid dienone is 2. The fourth-order valence-electron chi connectivity index (χ4n) is 6.01. The standard InChI is InChI=1S/C40H53N11O9/c1-7-44-29(20-25(2)41)37(54)47-38-46-28-21-26(35(42)52)24-32(58-6)34(28)50(38)14-9-8-12-45-33-30(51(56)57)22-27(36(43)53)23-31(33)59-19-11-10-13-48-15-17-49(18-16-48)39(55)60-40(3,4)5/h8-11,20-24,45H,7,12-19,41H2,1-6H3,(H2,42,52)(H2,43,53)(H,46,47,54)/b9-8+,11-10+,25-20-,44-29?. The number of nitro benzene ring substituents is 1. The molecule has 0 spiro atoms. The first kappa shape index (κ1) is 45.7. The number of primary amides is 2. The molecule has 20 heteroatoms. The van der Waals surface area contributed by atoms with Crippen molar-refractivity contribution in [3.8, 4) is 11.5 Å². The van der Waals surface area contributed by atoms with Crippen LogP contribution in [-0.2, 0) is 16.1 Å². The van der Waals surface area contributed by atoms with Crippen molar-refractivity contribution < 1.29 is 38.3 Å². The van der Waals surface area contributed by atoms with Gasteiger partial charge in [0.25, 0.3) is 11.6 Å². The van der Waals surface area contributed by atoms with Crippen LogP contribution in [0.3, 0.4) is 0 Å². The summed E-state index contributed by atoms with van der Waals surface area (Å²) in [5, 5.41) is 18.0. The number of methoxy groups -OCH3 is 1. The van der Waals surface area contributed by atoms with Crippen molar-refractivity contribution in [2.75, 3.05) is 70.2 Å². The lowest BCUT2D eigenvalue weighted by Crippen LogP contribution is -2.49. The SMILES string of the molecule is CCN=C(/C=C(/C)N)C(=O)Nc1nc2cc(C(N)=O)cc(OC)c2n1C/C=C/CNc1c(OC/C=C/CN2CCN(C(=O)OC(C)(C)C)CC2)cc(C(N)=O)cc1[N+](=O)[O-]. The summed E-state index contributed by atoms with van der Waals surface area (Å²) in [6, 6.07) is 5.35. The van der Waals surface area contributed by atoms with E-state index in [0.717, 1.165) is 6.07 Å². The average molecular weight is 832 g/mol. The number of imidazole rings is 1. The predicted molar refractivity (Wildman–Crippen MR) is 227 cm³/mol. The molecule has 20 nitrogen and oxygen atoms in total. The molecule has 4 amide bonds. The minimum atomic E-state index is -0.869. The monoisotopic (exact) mass is 831 g/mol. The van der Waals surface area contributed by atoms with Crippen LogP contribution in [0.15, 0.2) is 65.3 Å². The minimum Gasteiger partial charge on any atom is -0.494 e. The Balaban J connectivity index is 1.51. The number of carbonyl (C=O) groups excluding carboxylic acids is 4. The van der Waals surface area contributed by atoms with Crippen molar-refractivity contribution in [1.82, 2.24) is 19.4 Å². The number of piperazine rings is 1. The molecule has 1 aromatic heterocycles. The zero-order valence-electron chi connectivity index (χ0n) is 34.6. The molecule has 0 unspecified atom stereocenters. The number of carbonyl (C=O) groups is 4. The van der Waals surface area contributed by atoms with Crippen LogP contribution in [0.4, 0.5) is 22.1 Å². The Morgan fingerprint density at radius 2 is 1.60 bits per heavy atom. The first-order valence-electron chi connectivity index (χ1n) is 19.1. The molecule has 3 aromatic rings. The summed E-state index contributed by atoms with van der Waals surface area (Å²) in [7, 11) is 1.42. The van der Waals surface area contributed by atoms with E-state index in [9.17, 15) is 29.3 Å². The van der Waals surface area contributed by atoms with Gasteiger partial charge in [0, 0.05) is 75.2 Å². The molecule has 60 heavy (non-hydrogen) atoms. The molecule has 322 valence electrons. The van der Waals surface area contributed by atoms with Crippen LogP contribution in [-0.4, -0.2) is 119 Å². The number of rotatable bonds is 18. The second kappa shape index (κ2) is 20.6. The van der Waals surface area contributed by atoms with Crippen LogP contribution in [0.25, 0.3) is 11.0 Å². The van der Waals surface area contributed by atoms with E-state index in [4.69, 9.17) is 31.4 Å². The van der Waals surface area contributed by atoms with Crippen LogP contribution in [0.1, 0.15) is 55.3 Å². The van der Waals surface area contributed by atoms with E-state index in [-0.39, 0.29) is 65.8 Å². The Morgan fingerprint density at radius 1 is 0.950 bits per heavy atom. The number of aliphatic imine (C=N–C) groups is 1. The molecule has 0 saturated carbocycles. The van der Waals surface area contributed by atoms with Gasteiger partial charge in [0.2, 0.25) is 17.8 Å².